The third-order valence-electron chi connectivity index (χ3n) is 3.75. The van der Waals surface area contributed by atoms with Crippen LogP contribution in [0.3, 0.4) is 0 Å². The molecule has 2 atom stereocenters. The maximum absolute atomic E-state index is 12.3. The first kappa shape index (κ1) is 13.3. The molecule has 0 bridgehead atoms. The second kappa shape index (κ2) is 6.18. The third kappa shape index (κ3) is 3.02. The van der Waals surface area contributed by atoms with Gasteiger partial charge in [0.2, 0.25) is 0 Å². The topological polar surface area (TPSA) is 55.8 Å². The largest absolute Gasteiger partial charge is 0.469 e. The van der Waals surface area contributed by atoms with Gasteiger partial charge in [-0.3, -0.25) is 9.59 Å². The molecule has 0 aliphatic carbocycles. The van der Waals surface area contributed by atoms with Crippen LogP contribution in [0.15, 0.2) is 0 Å². The molecule has 2 rings (SSSR count). The van der Waals surface area contributed by atoms with Gasteiger partial charge in [0, 0.05) is 19.2 Å². The summed E-state index contributed by atoms with van der Waals surface area (Å²) in [7, 11) is 1.39. The number of esters is 1. The molecule has 2 aliphatic rings. The molecule has 5 heteroatoms. The number of ether oxygens (including phenoxy) is 2. The van der Waals surface area contributed by atoms with Crippen molar-refractivity contribution >= 4 is 11.9 Å². The van der Waals surface area contributed by atoms with E-state index in [1.807, 2.05) is 4.90 Å². The Balaban J connectivity index is 1.97. The second-order valence-electron chi connectivity index (χ2n) is 4.96. The first-order valence-electron chi connectivity index (χ1n) is 6.71. The monoisotopic (exact) mass is 255 g/mol. The molecule has 0 aromatic rings. The molecular weight excluding hydrogens is 234 g/mol. The molecule has 0 aromatic heterocycles. The summed E-state index contributed by atoms with van der Waals surface area (Å²) in [5.74, 6) is -0.187. The molecule has 0 spiro atoms. The average molecular weight is 255 g/mol. The predicted molar refractivity (Wildman–Crippen MR) is 65.0 cm³/mol. The van der Waals surface area contributed by atoms with Crippen LogP contribution in [0.4, 0.5) is 0 Å². The Morgan fingerprint density at radius 2 is 2.11 bits per heavy atom. The fraction of sp³-hybridized carbons (Fsp3) is 0.846. The minimum Gasteiger partial charge on any atom is -0.469 e. The molecule has 18 heavy (non-hydrogen) atoms. The summed E-state index contributed by atoms with van der Waals surface area (Å²) in [6.45, 7) is 1.41. The highest BCUT2D eigenvalue weighted by molar-refractivity contribution is 5.82. The van der Waals surface area contributed by atoms with Crippen LogP contribution in [-0.4, -0.2) is 49.2 Å². The molecule has 2 fully saturated rings. The standard InChI is InChI=1S/C13H21NO4/c1-17-12(15)9-10-5-2-3-7-14(10)13(16)11-6-4-8-18-11/h10-11H,2-9H2,1H3/t10?,11-/m1/s1. The maximum Gasteiger partial charge on any atom is 0.307 e. The Kier molecular flexibility index (Phi) is 4.58. The molecule has 5 nitrogen and oxygen atoms in total. The van der Waals surface area contributed by atoms with E-state index in [-0.39, 0.29) is 24.0 Å². The number of piperidine rings is 1. The summed E-state index contributed by atoms with van der Waals surface area (Å²) in [6.07, 6.45) is 4.73. The fourth-order valence-electron chi connectivity index (χ4n) is 2.74. The molecule has 2 aliphatic heterocycles. The minimum absolute atomic E-state index is 0.0112. The second-order valence-corrected chi connectivity index (χ2v) is 4.96. The normalized spacial score (nSPS) is 28.2. The number of carbonyl (C=O) groups excluding carboxylic acids is 2. The quantitative estimate of drug-likeness (QED) is 0.709. The minimum atomic E-state index is -0.289. The Morgan fingerprint density at radius 1 is 1.28 bits per heavy atom. The van der Waals surface area contributed by atoms with E-state index in [2.05, 4.69) is 0 Å². The van der Waals surface area contributed by atoms with Crippen LogP contribution in [0, 0.1) is 0 Å². The van der Waals surface area contributed by atoms with Crippen molar-refractivity contribution in [1.29, 1.82) is 0 Å². The molecule has 1 unspecified atom stereocenters. The summed E-state index contributed by atoms with van der Waals surface area (Å²) < 4.78 is 10.1. The molecule has 1 amide bonds. The van der Waals surface area contributed by atoms with Crippen LogP contribution in [0.5, 0.6) is 0 Å². The number of amides is 1. The number of carbonyl (C=O) groups is 2. The van der Waals surface area contributed by atoms with Gasteiger partial charge < -0.3 is 14.4 Å². The molecule has 0 N–H and O–H groups in total. The van der Waals surface area contributed by atoms with E-state index in [9.17, 15) is 9.59 Å². The van der Waals surface area contributed by atoms with Crippen LogP contribution in [0.25, 0.3) is 0 Å². The first-order chi connectivity index (χ1) is 8.72. The predicted octanol–water partition coefficient (Wildman–Crippen LogP) is 1.11. The Labute approximate surface area is 107 Å². The number of likely N-dealkylation sites (tertiary alicyclic amines) is 1. The van der Waals surface area contributed by atoms with Gasteiger partial charge in [0.15, 0.2) is 0 Å². The van der Waals surface area contributed by atoms with Crippen LogP contribution < -0.4 is 0 Å². The summed E-state index contributed by atoms with van der Waals surface area (Å²) in [5.41, 5.74) is 0. The molecule has 102 valence electrons. The highest BCUT2D eigenvalue weighted by atomic mass is 16.5. The van der Waals surface area contributed by atoms with Crippen molar-refractivity contribution in [3.05, 3.63) is 0 Å². The number of hydrogen-bond donors (Lipinski definition) is 0. The van der Waals surface area contributed by atoms with Crippen LogP contribution in [-0.2, 0) is 19.1 Å². The van der Waals surface area contributed by atoms with Crippen LogP contribution in [0.2, 0.25) is 0 Å². The van der Waals surface area contributed by atoms with Gasteiger partial charge in [-0.2, -0.15) is 0 Å². The molecule has 2 heterocycles. The number of rotatable bonds is 3. The Morgan fingerprint density at radius 3 is 2.78 bits per heavy atom. The van der Waals surface area contributed by atoms with Gasteiger partial charge in [0.05, 0.1) is 13.5 Å². The van der Waals surface area contributed by atoms with Gasteiger partial charge in [0.1, 0.15) is 6.10 Å². The first-order valence-corrected chi connectivity index (χ1v) is 6.71. The number of methoxy groups -OCH3 is 1. The lowest BCUT2D eigenvalue weighted by Crippen LogP contribution is -2.48. The van der Waals surface area contributed by atoms with E-state index >= 15 is 0 Å². The van der Waals surface area contributed by atoms with E-state index in [1.54, 1.807) is 0 Å². The molecule has 2 saturated heterocycles. The Hall–Kier alpha value is -1.10. The lowest BCUT2D eigenvalue weighted by atomic mass is 9.98. The van der Waals surface area contributed by atoms with Crippen molar-refractivity contribution in [2.45, 2.75) is 50.7 Å². The van der Waals surface area contributed by atoms with Crippen molar-refractivity contribution in [2.24, 2.45) is 0 Å². The zero-order valence-corrected chi connectivity index (χ0v) is 10.9. The van der Waals surface area contributed by atoms with E-state index in [0.717, 1.165) is 38.6 Å². The smallest absolute Gasteiger partial charge is 0.307 e. The van der Waals surface area contributed by atoms with Gasteiger partial charge in [-0.05, 0) is 32.1 Å². The van der Waals surface area contributed by atoms with Crippen molar-refractivity contribution in [2.75, 3.05) is 20.3 Å². The van der Waals surface area contributed by atoms with Crippen molar-refractivity contribution in [3.8, 4) is 0 Å². The van der Waals surface area contributed by atoms with E-state index in [1.165, 1.54) is 7.11 Å². The van der Waals surface area contributed by atoms with Gasteiger partial charge in [-0.25, -0.2) is 0 Å². The fourth-order valence-corrected chi connectivity index (χ4v) is 2.74. The van der Waals surface area contributed by atoms with Crippen LogP contribution in [0.1, 0.15) is 38.5 Å². The number of hydrogen-bond acceptors (Lipinski definition) is 4. The summed E-state index contributed by atoms with van der Waals surface area (Å²) in [5, 5.41) is 0. The molecule has 0 aromatic carbocycles. The van der Waals surface area contributed by atoms with E-state index in [4.69, 9.17) is 9.47 Å². The van der Waals surface area contributed by atoms with Gasteiger partial charge >= 0.3 is 5.97 Å². The van der Waals surface area contributed by atoms with Gasteiger partial charge in [-0.15, -0.1) is 0 Å². The average Bonchev–Trinajstić information content (AvgIpc) is 2.92. The maximum atomic E-state index is 12.3. The lowest BCUT2D eigenvalue weighted by molar-refractivity contribution is -0.148. The zero-order chi connectivity index (χ0) is 13.0. The van der Waals surface area contributed by atoms with E-state index in [0.29, 0.717) is 13.0 Å². The zero-order valence-electron chi connectivity index (χ0n) is 10.9. The van der Waals surface area contributed by atoms with Crippen LogP contribution >= 0.6 is 0 Å². The van der Waals surface area contributed by atoms with Gasteiger partial charge in [0.25, 0.3) is 5.91 Å². The van der Waals surface area contributed by atoms with Crippen molar-refractivity contribution in [1.82, 2.24) is 4.90 Å². The summed E-state index contributed by atoms with van der Waals surface area (Å²) >= 11 is 0. The molecule has 0 saturated carbocycles. The summed E-state index contributed by atoms with van der Waals surface area (Å²) in [6, 6.07) is -0.0112. The number of nitrogens with zero attached hydrogens (tertiary/aromatic N) is 1. The lowest BCUT2D eigenvalue weighted by Gasteiger charge is -2.36. The summed E-state index contributed by atoms with van der Waals surface area (Å²) in [4.78, 5) is 25.5. The van der Waals surface area contributed by atoms with Gasteiger partial charge in [-0.1, -0.05) is 0 Å². The molecular formula is C13H21NO4. The van der Waals surface area contributed by atoms with E-state index < -0.39 is 0 Å². The molecule has 0 radical (unpaired) electrons. The SMILES string of the molecule is COC(=O)CC1CCCCN1C(=O)[C@H]1CCCO1. The Bertz CT molecular complexity index is 312. The van der Waals surface area contributed by atoms with Crippen molar-refractivity contribution in [3.63, 3.8) is 0 Å². The third-order valence-corrected chi connectivity index (χ3v) is 3.75. The highest BCUT2D eigenvalue weighted by Gasteiger charge is 2.34. The van der Waals surface area contributed by atoms with Crippen molar-refractivity contribution < 1.29 is 19.1 Å². The highest BCUT2D eigenvalue weighted by Crippen LogP contribution is 2.24.